The molecule has 4 heteroatoms. The van der Waals surface area contributed by atoms with Crippen molar-refractivity contribution in [1.82, 2.24) is 0 Å². The van der Waals surface area contributed by atoms with Crippen molar-refractivity contribution in [1.29, 1.82) is 0 Å². The van der Waals surface area contributed by atoms with Crippen molar-refractivity contribution in [3.63, 3.8) is 0 Å². The van der Waals surface area contributed by atoms with Gasteiger partial charge >= 0.3 is 0 Å². The van der Waals surface area contributed by atoms with E-state index in [-0.39, 0.29) is 12.1 Å². The third-order valence-corrected chi connectivity index (χ3v) is 1.82. The molecule has 0 aromatic rings. The summed E-state index contributed by atoms with van der Waals surface area (Å²) in [6.45, 7) is 0.617. The molecule has 1 fully saturated rings. The molecule has 1 saturated heterocycles. The van der Waals surface area contributed by atoms with Crippen LogP contribution in [0.4, 0.5) is 0 Å². The van der Waals surface area contributed by atoms with E-state index in [0.717, 1.165) is 6.42 Å². The zero-order chi connectivity index (χ0) is 7.56. The second-order valence-corrected chi connectivity index (χ2v) is 2.84. The fraction of sp³-hybridized carbons (Fsp3) is 1.00. The number of nitrogens with two attached hydrogens (primary N) is 1. The fourth-order valence-corrected chi connectivity index (χ4v) is 1.32. The lowest BCUT2D eigenvalue weighted by Gasteiger charge is -2.12. The minimum Gasteiger partial charge on any atom is -0.382 e. The highest BCUT2D eigenvalue weighted by molar-refractivity contribution is 6.11. The smallest absolute Gasteiger partial charge is 0.139 e. The van der Waals surface area contributed by atoms with Crippen LogP contribution in [0.25, 0.3) is 0 Å². The van der Waals surface area contributed by atoms with Gasteiger partial charge in [0, 0.05) is 19.2 Å². The van der Waals surface area contributed by atoms with Crippen molar-refractivity contribution < 1.29 is 9.47 Å². The standard InChI is InChI=1S/C6H14BNO2/c1-9-3-5-4(8)2-6(7)10-5/h4-6H,2-3,7-8H2,1H3/t4-,5+,6+/m0/s1. The van der Waals surface area contributed by atoms with E-state index >= 15 is 0 Å². The zero-order valence-corrected chi connectivity index (χ0v) is 6.54. The van der Waals surface area contributed by atoms with E-state index in [0.29, 0.717) is 12.6 Å². The lowest BCUT2D eigenvalue weighted by molar-refractivity contribution is 0.0201. The van der Waals surface area contributed by atoms with Crippen LogP contribution in [0, 0.1) is 0 Å². The quantitative estimate of drug-likeness (QED) is 0.489. The molecular formula is C6H14BNO2. The minimum atomic E-state index is 0.111. The van der Waals surface area contributed by atoms with Gasteiger partial charge in [-0.15, -0.1) is 0 Å². The van der Waals surface area contributed by atoms with E-state index in [4.69, 9.17) is 15.2 Å². The average Bonchev–Trinajstić information content (AvgIpc) is 2.13. The van der Waals surface area contributed by atoms with Gasteiger partial charge in [-0.25, -0.2) is 0 Å². The minimum absolute atomic E-state index is 0.111. The van der Waals surface area contributed by atoms with Crippen LogP contribution in [-0.4, -0.2) is 39.7 Å². The first-order valence-electron chi connectivity index (χ1n) is 3.64. The number of hydrogen-bond acceptors (Lipinski definition) is 3. The van der Waals surface area contributed by atoms with Gasteiger partial charge in [-0.05, 0) is 6.42 Å². The van der Waals surface area contributed by atoms with Crippen LogP contribution in [0.3, 0.4) is 0 Å². The maximum atomic E-state index is 5.75. The average molecular weight is 143 g/mol. The van der Waals surface area contributed by atoms with Crippen molar-refractivity contribution in [2.24, 2.45) is 5.73 Å². The summed E-state index contributed by atoms with van der Waals surface area (Å²) in [7, 11) is 3.70. The second-order valence-electron chi connectivity index (χ2n) is 2.84. The SMILES string of the molecule is B[C@H]1C[C@H](N)[C@@H](COC)O1. The lowest BCUT2D eigenvalue weighted by Crippen LogP contribution is -2.33. The van der Waals surface area contributed by atoms with Gasteiger partial charge in [-0.1, -0.05) is 0 Å². The first-order chi connectivity index (χ1) is 4.74. The monoisotopic (exact) mass is 143 g/mol. The molecule has 0 bridgehead atoms. The molecule has 1 aliphatic heterocycles. The molecule has 0 saturated carbocycles. The highest BCUT2D eigenvalue weighted by Crippen LogP contribution is 2.16. The van der Waals surface area contributed by atoms with Crippen LogP contribution >= 0.6 is 0 Å². The van der Waals surface area contributed by atoms with E-state index in [1.807, 2.05) is 7.85 Å². The fourth-order valence-electron chi connectivity index (χ4n) is 1.32. The number of rotatable bonds is 2. The zero-order valence-electron chi connectivity index (χ0n) is 6.54. The van der Waals surface area contributed by atoms with Crippen LogP contribution < -0.4 is 5.73 Å². The van der Waals surface area contributed by atoms with Gasteiger partial charge < -0.3 is 15.2 Å². The molecule has 1 aliphatic rings. The summed E-state index contributed by atoms with van der Waals surface area (Å²) in [4.78, 5) is 0. The van der Waals surface area contributed by atoms with Crippen LogP contribution in [0.5, 0.6) is 0 Å². The summed E-state index contributed by atoms with van der Waals surface area (Å²) in [5.74, 6) is 0. The molecule has 0 radical (unpaired) electrons. The molecule has 58 valence electrons. The Morgan fingerprint density at radius 3 is 2.90 bits per heavy atom. The topological polar surface area (TPSA) is 44.5 Å². The normalized spacial score (nSPS) is 40.4. The third kappa shape index (κ3) is 1.72. The number of methoxy groups -OCH3 is 1. The lowest BCUT2D eigenvalue weighted by atomic mass is 9.95. The van der Waals surface area contributed by atoms with E-state index in [9.17, 15) is 0 Å². The van der Waals surface area contributed by atoms with Gasteiger partial charge in [0.15, 0.2) is 0 Å². The summed E-state index contributed by atoms with van der Waals surface area (Å²) < 4.78 is 10.4. The van der Waals surface area contributed by atoms with Crippen LogP contribution in [0.15, 0.2) is 0 Å². The Morgan fingerprint density at radius 1 is 1.80 bits per heavy atom. The van der Waals surface area contributed by atoms with Gasteiger partial charge in [0.1, 0.15) is 7.85 Å². The molecule has 10 heavy (non-hydrogen) atoms. The Bertz CT molecular complexity index is 112. The van der Waals surface area contributed by atoms with Crippen molar-refractivity contribution in [3.05, 3.63) is 0 Å². The van der Waals surface area contributed by atoms with E-state index in [1.54, 1.807) is 7.11 Å². The van der Waals surface area contributed by atoms with Crippen LogP contribution in [-0.2, 0) is 9.47 Å². The molecule has 1 heterocycles. The predicted octanol–water partition coefficient (Wildman–Crippen LogP) is -1.29. The molecular weight excluding hydrogens is 129 g/mol. The van der Waals surface area contributed by atoms with Gasteiger partial charge in [-0.3, -0.25) is 0 Å². The molecule has 1 rings (SSSR count). The molecule has 0 aliphatic carbocycles. The van der Waals surface area contributed by atoms with E-state index in [1.165, 1.54) is 0 Å². The van der Waals surface area contributed by atoms with Crippen LogP contribution in [0.1, 0.15) is 6.42 Å². The van der Waals surface area contributed by atoms with Crippen molar-refractivity contribution >= 4 is 7.85 Å². The summed E-state index contributed by atoms with van der Waals surface area (Å²) in [5, 5.41) is 0. The predicted molar refractivity (Wildman–Crippen MR) is 41.7 cm³/mol. The molecule has 0 spiro atoms. The third-order valence-electron chi connectivity index (χ3n) is 1.82. The maximum Gasteiger partial charge on any atom is 0.139 e. The molecule has 0 aromatic carbocycles. The van der Waals surface area contributed by atoms with E-state index in [2.05, 4.69) is 0 Å². The Hall–Kier alpha value is -0.0551. The Labute approximate surface area is 62.3 Å². The molecule has 0 aromatic heterocycles. The Balaban J connectivity index is 2.31. The van der Waals surface area contributed by atoms with Crippen molar-refractivity contribution in [2.45, 2.75) is 24.6 Å². The molecule has 0 amide bonds. The number of hydrogen-bond donors (Lipinski definition) is 1. The molecule has 2 N–H and O–H groups in total. The summed E-state index contributed by atoms with van der Waals surface area (Å²) in [6, 6.07) is 0.463. The highest BCUT2D eigenvalue weighted by Gasteiger charge is 2.29. The van der Waals surface area contributed by atoms with Crippen molar-refractivity contribution in [2.75, 3.05) is 13.7 Å². The van der Waals surface area contributed by atoms with Gasteiger partial charge in [0.25, 0.3) is 0 Å². The van der Waals surface area contributed by atoms with E-state index < -0.39 is 0 Å². The van der Waals surface area contributed by atoms with Gasteiger partial charge in [0.2, 0.25) is 0 Å². The second kappa shape index (κ2) is 3.37. The van der Waals surface area contributed by atoms with Crippen molar-refractivity contribution in [3.8, 4) is 0 Å². The molecule has 3 atom stereocenters. The highest BCUT2D eigenvalue weighted by atomic mass is 16.5. The van der Waals surface area contributed by atoms with Crippen LogP contribution in [0.2, 0.25) is 0 Å². The first-order valence-corrected chi connectivity index (χ1v) is 3.64. The molecule has 3 nitrogen and oxygen atoms in total. The first kappa shape index (κ1) is 8.05. The summed E-state index contributed by atoms with van der Waals surface area (Å²) >= 11 is 0. The Kier molecular flexibility index (Phi) is 2.71. The summed E-state index contributed by atoms with van der Waals surface area (Å²) in [5.41, 5.74) is 5.75. The van der Waals surface area contributed by atoms with Gasteiger partial charge in [0.05, 0.1) is 12.7 Å². The van der Waals surface area contributed by atoms with Gasteiger partial charge in [-0.2, -0.15) is 0 Å². The summed E-state index contributed by atoms with van der Waals surface area (Å²) in [6.07, 6.45) is 1.06. The molecule has 0 unspecified atom stereocenters. The maximum absolute atomic E-state index is 5.75. The number of ether oxygens (including phenoxy) is 2. The largest absolute Gasteiger partial charge is 0.382 e. The Morgan fingerprint density at radius 2 is 2.50 bits per heavy atom.